The Morgan fingerprint density at radius 1 is 1.30 bits per heavy atom. The van der Waals surface area contributed by atoms with Crippen LogP contribution in [0.3, 0.4) is 0 Å². The highest BCUT2D eigenvalue weighted by Crippen LogP contribution is 2.15. The van der Waals surface area contributed by atoms with E-state index in [2.05, 4.69) is 16.0 Å². The first-order chi connectivity index (χ1) is 10.6. The molecule has 2 atom stereocenters. The molecule has 1 heterocycles. The van der Waals surface area contributed by atoms with Crippen LogP contribution in [0, 0.1) is 11.3 Å². The van der Waals surface area contributed by atoms with E-state index in [0.29, 0.717) is 12.8 Å². The zero-order valence-electron chi connectivity index (χ0n) is 15.0. The maximum atomic E-state index is 12.6. The number of carbonyl (C=O) groups is 3. The second-order valence-corrected chi connectivity index (χ2v) is 7.75. The van der Waals surface area contributed by atoms with Crippen molar-refractivity contribution in [3.05, 3.63) is 0 Å². The predicted molar refractivity (Wildman–Crippen MR) is 89.9 cm³/mol. The zero-order valence-corrected chi connectivity index (χ0v) is 15.0. The highest BCUT2D eigenvalue weighted by molar-refractivity contribution is 5.94. The summed E-state index contributed by atoms with van der Waals surface area (Å²) in [6.07, 6.45) is 2.03. The van der Waals surface area contributed by atoms with Crippen molar-refractivity contribution in [2.45, 2.75) is 66.0 Å². The molecule has 6 heteroatoms. The molecular formula is C17H31N3O3. The van der Waals surface area contributed by atoms with E-state index in [1.807, 2.05) is 34.6 Å². The molecule has 132 valence electrons. The Kier molecular flexibility index (Phi) is 7.19. The lowest BCUT2D eigenvalue weighted by Gasteiger charge is -2.26. The summed E-state index contributed by atoms with van der Waals surface area (Å²) in [4.78, 5) is 36.8. The molecule has 1 fully saturated rings. The lowest BCUT2D eigenvalue weighted by molar-refractivity contribution is -0.134. The second kappa shape index (κ2) is 8.43. The first-order valence-corrected chi connectivity index (χ1v) is 8.46. The fraction of sp³-hybridized carbons (Fsp3) is 0.824. The number of hydrogen-bond donors (Lipinski definition) is 3. The molecule has 3 N–H and O–H groups in total. The molecule has 1 saturated heterocycles. The van der Waals surface area contributed by atoms with Crippen molar-refractivity contribution in [2.24, 2.45) is 11.3 Å². The molecule has 0 aromatic carbocycles. The highest BCUT2D eigenvalue weighted by Gasteiger charge is 2.30. The van der Waals surface area contributed by atoms with Gasteiger partial charge in [0.15, 0.2) is 5.78 Å². The Bertz CT molecular complexity index is 441. The Morgan fingerprint density at radius 3 is 2.52 bits per heavy atom. The van der Waals surface area contributed by atoms with Gasteiger partial charge in [0.2, 0.25) is 11.8 Å². The Balaban J connectivity index is 2.74. The first kappa shape index (κ1) is 19.6. The average Bonchev–Trinajstić information content (AvgIpc) is 2.61. The molecule has 0 aromatic rings. The number of amides is 2. The van der Waals surface area contributed by atoms with Crippen LogP contribution in [0.5, 0.6) is 0 Å². The molecule has 6 nitrogen and oxygen atoms in total. The highest BCUT2D eigenvalue weighted by atomic mass is 16.2. The minimum absolute atomic E-state index is 0.00120. The van der Waals surface area contributed by atoms with E-state index < -0.39 is 17.5 Å². The van der Waals surface area contributed by atoms with E-state index in [-0.39, 0.29) is 30.1 Å². The third-order valence-electron chi connectivity index (χ3n) is 3.86. The number of carbonyl (C=O) groups excluding carboxylic acids is 3. The molecule has 0 radical (unpaired) electrons. The summed E-state index contributed by atoms with van der Waals surface area (Å²) in [6, 6.07) is -1.07. The van der Waals surface area contributed by atoms with Gasteiger partial charge in [-0.05, 0) is 31.7 Å². The van der Waals surface area contributed by atoms with E-state index in [9.17, 15) is 14.4 Å². The maximum Gasteiger partial charge on any atom is 0.243 e. The summed E-state index contributed by atoms with van der Waals surface area (Å²) in [5.74, 6) is -0.164. The van der Waals surface area contributed by atoms with Crippen LogP contribution in [0.2, 0.25) is 0 Å². The third kappa shape index (κ3) is 6.69. The Morgan fingerprint density at radius 2 is 1.96 bits per heavy atom. The van der Waals surface area contributed by atoms with Gasteiger partial charge in [-0.15, -0.1) is 0 Å². The quantitative estimate of drug-likeness (QED) is 0.704. The van der Waals surface area contributed by atoms with Gasteiger partial charge in [0.05, 0.1) is 12.6 Å². The van der Waals surface area contributed by atoms with Crippen molar-refractivity contribution in [2.75, 3.05) is 13.1 Å². The lowest BCUT2D eigenvalue weighted by atomic mass is 9.94. The number of rotatable bonds is 5. The Hall–Kier alpha value is -1.43. The van der Waals surface area contributed by atoms with Crippen molar-refractivity contribution >= 4 is 17.6 Å². The van der Waals surface area contributed by atoms with Crippen LogP contribution >= 0.6 is 0 Å². The van der Waals surface area contributed by atoms with Crippen LogP contribution in [-0.2, 0) is 14.4 Å². The summed E-state index contributed by atoms with van der Waals surface area (Å²) in [5.41, 5.74) is -0.558. The van der Waals surface area contributed by atoms with Crippen molar-refractivity contribution < 1.29 is 14.4 Å². The summed E-state index contributed by atoms with van der Waals surface area (Å²) in [5, 5.41) is 8.70. The molecule has 2 amide bonds. The average molecular weight is 325 g/mol. The van der Waals surface area contributed by atoms with Gasteiger partial charge >= 0.3 is 0 Å². The van der Waals surface area contributed by atoms with Crippen molar-refractivity contribution in [1.29, 1.82) is 0 Å². The van der Waals surface area contributed by atoms with Crippen LogP contribution in [0.4, 0.5) is 0 Å². The smallest absolute Gasteiger partial charge is 0.243 e. The van der Waals surface area contributed by atoms with Crippen LogP contribution < -0.4 is 16.0 Å². The molecule has 0 spiro atoms. The monoisotopic (exact) mass is 325 g/mol. The van der Waals surface area contributed by atoms with Crippen LogP contribution in [0.15, 0.2) is 0 Å². The van der Waals surface area contributed by atoms with Gasteiger partial charge in [-0.1, -0.05) is 34.6 Å². The summed E-state index contributed by atoms with van der Waals surface area (Å²) in [6.45, 7) is 10.5. The fourth-order valence-corrected chi connectivity index (χ4v) is 2.43. The van der Waals surface area contributed by atoms with E-state index >= 15 is 0 Å². The predicted octanol–water partition coefficient (Wildman–Crippen LogP) is 1.00. The van der Waals surface area contributed by atoms with Crippen molar-refractivity contribution in [3.8, 4) is 0 Å². The van der Waals surface area contributed by atoms with Crippen molar-refractivity contribution in [3.63, 3.8) is 0 Å². The second-order valence-electron chi connectivity index (χ2n) is 7.75. The third-order valence-corrected chi connectivity index (χ3v) is 3.86. The van der Waals surface area contributed by atoms with E-state index in [4.69, 9.17) is 0 Å². The molecule has 0 bridgehead atoms. The molecule has 1 unspecified atom stereocenters. The number of Topliss-reactive ketones (excluding diaryl/α,β-unsaturated/α-hetero) is 1. The van der Waals surface area contributed by atoms with Gasteiger partial charge in [0, 0.05) is 5.41 Å². The molecule has 1 aliphatic heterocycles. The van der Waals surface area contributed by atoms with E-state index in [1.54, 1.807) is 0 Å². The van der Waals surface area contributed by atoms with Gasteiger partial charge < -0.3 is 16.0 Å². The van der Waals surface area contributed by atoms with Gasteiger partial charge in [-0.2, -0.15) is 0 Å². The normalized spacial score (nSPS) is 20.8. The molecule has 0 saturated carbocycles. The summed E-state index contributed by atoms with van der Waals surface area (Å²) < 4.78 is 0. The number of nitrogens with one attached hydrogen (secondary N) is 3. The van der Waals surface area contributed by atoms with Crippen LogP contribution in [0.25, 0.3) is 0 Å². The van der Waals surface area contributed by atoms with E-state index in [0.717, 1.165) is 13.0 Å². The van der Waals surface area contributed by atoms with Gasteiger partial charge in [0.1, 0.15) is 6.04 Å². The minimum atomic E-state index is -0.606. The van der Waals surface area contributed by atoms with Gasteiger partial charge in [0.25, 0.3) is 0 Å². The molecule has 0 aliphatic carbocycles. The van der Waals surface area contributed by atoms with E-state index in [1.165, 1.54) is 0 Å². The molecule has 23 heavy (non-hydrogen) atoms. The lowest BCUT2D eigenvalue weighted by Crippen LogP contribution is -2.54. The summed E-state index contributed by atoms with van der Waals surface area (Å²) in [7, 11) is 0. The standard InChI is InChI=1S/C17H31N3O3/c1-11(2)9-13(20-16(23)17(3,4)5)15(22)19-12-7-6-8-18-10-14(12)21/h11-13,18H,6-10H2,1-5H3,(H,19,22)(H,20,23)/t12?,13-/m0/s1. The zero-order chi connectivity index (χ0) is 17.6. The maximum absolute atomic E-state index is 12.6. The fourth-order valence-electron chi connectivity index (χ4n) is 2.43. The van der Waals surface area contributed by atoms with Gasteiger partial charge in [-0.25, -0.2) is 0 Å². The topological polar surface area (TPSA) is 87.3 Å². The molecule has 1 rings (SSSR count). The van der Waals surface area contributed by atoms with Crippen LogP contribution in [0.1, 0.15) is 53.9 Å². The number of ketones is 1. The molecule has 1 aliphatic rings. The van der Waals surface area contributed by atoms with Crippen molar-refractivity contribution in [1.82, 2.24) is 16.0 Å². The SMILES string of the molecule is CC(C)C[C@H](NC(=O)C(C)(C)C)C(=O)NC1CCCNCC1=O. The summed E-state index contributed by atoms with van der Waals surface area (Å²) >= 11 is 0. The number of hydrogen-bond acceptors (Lipinski definition) is 4. The minimum Gasteiger partial charge on any atom is -0.344 e. The Labute approximate surface area is 139 Å². The van der Waals surface area contributed by atoms with Gasteiger partial charge in [-0.3, -0.25) is 14.4 Å². The molecular weight excluding hydrogens is 294 g/mol. The largest absolute Gasteiger partial charge is 0.344 e. The molecule has 0 aromatic heterocycles. The first-order valence-electron chi connectivity index (χ1n) is 8.46. The van der Waals surface area contributed by atoms with Crippen LogP contribution in [-0.4, -0.2) is 42.8 Å².